The van der Waals surface area contributed by atoms with E-state index in [1.807, 2.05) is 0 Å². The van der Waals surface area contributed by atoms with Crippen LogP contribution >= 0.6 is 23.2 Å². The fourth-order valence-corrected chi connectivity index (χ4v) is 2.08. The largest absolute Gasteiger partial charge is 0.118 e. The predicted octanol–water partition coefficient (Wildman–Crippen LogP) is 5.71. The standard InChI is InChI=1S/C12H24Cl2/c1-3-5-7-8-9-11-12(13,14)10-6-4-2/h3-11H2,1-2H3. The lowest BCUT2D eigenvalue weighted by molar-refractivity contribution is 0.539. The van der Waals surface area contributed by atoms with E-state index in [2.05, 4.69) is 13.8 Å². The molecule has 0 aromatic rings. The smallest absolute Gasteiger partial charge is 0.102 e. The molecule has 0 aromatic heterocycles. The summed E-state index contributed by atoms with van der Waals surface area (Å²) in [7, 11) is 0. The summed E-state index contributed by atoms with van der Waals surface area (Å²) in [6.07, 6.45) is 10.6. The summed E-state index contributed by atoms with van der Waals surface area (Å²) in [4.78, 5) is 0. The molecule has 14 heavy (non-hydrogen) atoms. The van der Waals surface area contributed by atoms with Crippen molar-refractivity contribution < 1.29 is 0 Å². The SMILES string of the molecule is CCCCCCCC(Cl)(Cl)CCCC. The first-order chi connectivity index (χ1) is 6.62. The van der Waals surface area contributed by atoms with Crippen molar-refractivity contribution in [2.24, 2.45) is 0 Å². The highest BCUT2D eigenvalue weighted by atomic mass is 35.5. The van der Waals surface area contributed by atoms with Crippen molar-refractivity contribution in [3.8, 4) is 0 Å². The number of rotatable bonds is 9. The van der Waals surface area contributed by atoms with Crippen LogP contribution in [0.1, 0.15) is 71.6 Å². The molecule has 0 heterocycles. The second-order valence-corrected chi connectivity index (χ2v) is 5.76. The van der Waals surface area contributed by atoms with Crippen LogP contribution in [-0.4, -0.2) is 4.33 Å². The molecule has 0 saturated carbocycles. The predicted molar refractivity (Wildman–Crippen MR) is 67.3 cm³/mol. The highest BCUT2D eigenvalue weighted by Crippen LogP contribution is 2.33. The molecule has 0 rings (SSSR count). The van der Waals surface area contributed by atoms with Crippen molar-refractivity contribution in [3.63, 3.8) is 0 Å². The monoisotopic (exact) mass is 238 g/mol. The van der Waals surface area contributed by atoms with E-state index in [0.29, 0.717) is 0 Å². The van der Waals surface area contributed by atoms with Crippen LogP contribution in [0.4, 0.5) is 0 Å². The molecule has 0 aliphatic heterocycles. The fraction of sp³-hybridized carbons (Fsp3) is 1.00. The van der Waals surface area contributed by atoms with Crippen LogP contribution in [0.2, 0.25) is 0 Å². The molecule has 0 aliphatic carbocycles. The first-order valence-electron chi connectivity index (χ1n) is 6.00. The van der Waals surface area contributed by atoms with Gasteiger partial charge in [0.05, 0.1) is 0 Å². The molecular formula is C12H24Cl2. The Bertz CT molecular complexity index is 121. The molecule has 0 bridgehead atoms. The van der Waals surface area contributed by atoms with Gasteiger partial charge in [0.2, 0.25) is 0 Å². The molecule has 0 aromatic carbocycles. The summed E-state index contributed by atoms with van der Waals surface area (Å²) >= 11 is 12.4. The molecule has 0 unspecified atom stereocenters. The zero-order chi connectivity index (χ0) is 10.9. The van der Waals surface area contributed by atoms with Gasteiger partial charge in [-0.05, 0) is 12.8 Å². The molecule has 0 nitrogen and oxygen atoms in total. The van der Waals surface area contributed by atoms with E-state index in [9.17, 15) is 0 Å². The van der Waals surface area contributed by atoms with Crippen LogP contribution in [-0.2, 0) is 0 Å². The molecule has 0 fully saturated rings. The van der Waals surface area contributed by atoms with Gasteiger partial charge in [-0.3, -0.25) is 0 Å². The summed E-state index contributed by atoms with van der Waals surface area (Å²) in [5.41, 5.74) is 0. The van der Waals surface area contributed by atoms with Gasteiger partial charge in [0.1, 0.15) is 4.33 Å². The van der Waals surface area contributed by atoms with E-state index in [1.54, 1.807) is 0 Å². The number of halogens is 2. The van der Waals surface area contributed by atoms with Gasteiger partial charge in [0.15, 0.2) is 0 Å². The topological polar surface area (TPSA) is 0 Å². The first-order valence-corrected chi connectivity index (χ1v) is 6.76. The first kappa shape index (κ1) is 14.6. The highest BCUT2D eigenvalue weighted by Gasteiger charge is 2.21. The van der Waals surface area contributed by atoms with Crippen LogP contribution in [0.25, 0.3) is 0 Å². The van der Waals surface area contributed by atoms with Crippen molar-refractivity contribution in [3.05, 3.63) is 0 Å². The Labute approximate surface area is 99.4 Å². The van der Waals surface area contributed by atoms with E-state index in [0.717, 1.165) is 19.3 Å². The molecule has 86 valence electrons. The van der Waals surface area contributed by atoms with Gasteiger partial charge in [-0.15, -0.1) is 23.2 Å². The second kappa shape index (κ2) is 8.85. The van der Waals surface area contributed by atoms with Crippen molar-refractivity contribution in [2.45, 2.75) is 76.0 Å². The Morgan fingerprint density at radius 2 is 1.21 bits per heavy atom. The summed E-state index contributed by atoms with van der Waals surface area (Å²) in [6.45, 7) is 4.40. The Morgan fingerprint density at radius 1 is 0.714 bits per heavy atom. The van der Waals surface area contributed by atoms with Gasteiger partial charge in [-0.1, -0.05) is 58.8 Å². The van der Waals surface area contributed by atoms with Crippen LogP contribution in [0.3, 0.4) is 0 Å². The van der Waals surface area contributed by atoms with Gasteiger partial charge in [0, 0.05) is 0 Å². The van der Waals surface area contributed by atoms with Gasteiger partial charge >= 0.3 is 0 Å². The van der Waals surface area contributed by atoms with Crippen molar-refractivity contribution in [1.29, 1.82) is 0 Å². The molecule has 0 atom stereocenters. The number of hydrogen-bond donors (Lipinski definition) is 0. The van der Waals surface area contributed by atoms with Crippen LogP contribution in [0.15, 0.2) is 0 Å². The third-order valence-corrected chi connectivity index (χ3v) is 3.30. The summed E-state index contributed by atoms with van der Waals surface area (Å²) in [5, 5.41) is 0. The third-order valence-electron chi connectivity index (χ3n) is 2.54. The Morgan fingerprint density at radius 3 is 1.79 bits per heavy atom. The number of alkyl halides is 2. The minimum absolute atomic E-state index is 0.456. The van der Waals surface area contributed by atoms with Gasteiger partial charge in [0.25, 0.3) is 0 Å². The maximum atomic E-state index is 6.19. The van der Waals surface area contributed by atoms with Gasteiger partial charge in [-0.25, -0.2) is 0 Å². The normalized spacial score (nSPS) is 12.0. The van der Waals surface area contributed by atoms with Gasteiger partial charge in [-0.2, -0.15) is 0 Å². The summed E-state index contributed by atoms with van der Waals surface area (Å²) in [6, 6.07) is 0. The van der Waals surface area contributed by atoms with Crippen molar-refractivity contribution >= 4 is 23.2 Å². The molecule has 0 saturated heterocycles. The molecule has 0 spiro atoms. The minimum Gasteiger partial charge on any atom is -0.102 e. The summed E-state index contributed by atoms with van der Waals surface area (Å²) < 4.78 is -0.456. The molecular weight excluding hydrogens is 215 g/mol. The zero-order valence-corrected chi connectivity index (χ0v) is 11.1. The van der Waals surface area contributed by atoms with Gasteiger partial charge < -0.3 is 0 Å². The molecule has 0 amide bonds. The average molecular weight is 239 g/mol. The van der Waals surface area contributed by atoms with Crippen LogP contribution in [0, 0.1) is 0 Å². The third kappa shape index (κ3) is 9.15. The van der Waals surface area contributed by atoms with Crippen LogP contribution in [0.5, 0.6) is 0 Å². The minimum atomic E-state index is -0.456. The van der Waals surface area contributed by atoms with E-state index in [4.69, 9.17) is 23.2 Å². The van der Waals surface area contributed by atoms with Crippen molar-refractivity contribution in [2.75, 3.05) is 0 Å². The lowest BCUT2D eigenvalue weighted by Crippen LogP contribution is -2.12. The van der Waals surface area contributed by atoms with Crippen molar-refractivity contribution in [1.82, 2.24) is 0 Å². The molecule has 0 N–H and O–H groups in total. The average Bonchev–Trinajstić information content (AvgIpc) is 2.15. The highest BCUT2D eigenvalue weighted by molar-refractivity contribution is 6.48. The quantitative estimate of drug-likeness (QED) is 0.357. The Balaban J connectivity index is 3.35. The number of hydrogen-bond acceptors (Lipinski definition) is 0. The fourth-order valence-electron chi connectivity index (χ4n) is 1.55. The molecule has 2 heteroatoms. The maximum Gasteiger partial charge on any atom is 0.118 e. The summed E-state index contributed by atoms with van der Waals surface area (Å²) in [5.74, 6) is 0. The number of unbranched alkanes of at least 4 members (excludes halogenated alkanes) is 5. The lowest BCUT2D eigenvalue weighted by atomic mass is 10.1. The Kier molecular flexibility index (Phi) is 9.22. The van der Waals surface area contributed by atoms with Crippen LogP contribution < -0.4 is 0 Å². The maximum absolute atomic E-state index is 6.19. The lowest BCUT2D eigenvalue weighted by Gasteiger charge is -2.18. The second-order valence-electron chi connectivity index (χ2n) is 4.12. The molecule has 0 aliphatic rings. The zero-order valence-electron chi connectivity index (χ0n) is 9.62. The van der Waals surface area contributed by atoms with E-state index >= 15 is 0 Å². The van der Waals surface area contributed by atoms with E-state index in [-0.39, 0.29) is 0 Å². The van der Waals surface area contributed by atoms with E-state index < -0.39 is 4.33 Å². The molecule has 0 radical (unpaired) electrons. The van der Waals surface area contributed by atoms with E-state index in [1.165, 1.54) is 38.5 Å². The Hall–Kier alpha value is 0.580.